The van der Waals surface area contributed by atoms with Gasteiger partial charge in [0.15, 0.2) is 5.82 Å². The average molecular weight is 378 g/mol. The Kier molecular flexibility index (Phi) is 5.01. The van der Waals surface area contributed by atoms with Gasteiger partial charge in [-0.1, -0.05) is 13.8 Å². The molecular formula is C19H27FN4O3. The average Bonchev–Trinajstić information content (AvgIpc) is 3.15. The van der Waals surface area contributed by atoms with E-state index < -0.39 is 23.7 Å². The first-order chi connectivity index (χ1) is 12.6. The number of amides is 1. The third-order valence-electron chi connectivity index (χ3n) is 4.48. The third-order valence-corrected chi connectivity index (χ3v) is 4.48. The first kappa shape index (κ1) is 19.4. The van der Waals surface area contributed by atoms with Crippen molar-refractivity contribution in [2.75, 3.05) is 6.54 Å². The van der Waals surface area contributed by atoms with Crippen LogP contribution in [0.4, 0.5) is 9.18 Å². The van der Waals surface area contributed by atoms with Crippen molar-refractivity contribution in [1.29, 1.82) is 0 Å². The van der Waals surface area contributed by atoms with Crippen LogP contribution in [0.1, 0.15) is 59.3 Å². The number of hydrogen-bond donors (Lipinski definition) is 0. The molecule has 0 radical (unpaired) electrons. The second-order valence-corrected chi connectivity index (χ2v) is 8.45. The molecule has 8 heteroatoms. The van der Waals surface area contributed by atoms with Crippen molar-refractivity contribution in [2.45, 2.75) is 65.6 Å². The summed E-state index contributed by atoms with van der Waals surface area (Å²) in [6.45, 7) is 10.4. The number of nitrogens with zero attached hydrogens (tertiary/aromatic N) is 4. The van der Waals surface area contributed by atoms with E-state index in [0.29, 0.717) is 25.3 Å². The highest BCUT2D eigenvalue weighted by molar-refractivity contribution is 5.69. The SMILES string of the molecule is CC(C)Cn1c([C@@H]2CCCN2C(=O)OC(C)(C)C)nn2c(F)ccc2c1=O. The maximum atomic E-state index is 14.1. The highest BCUT2D eigenvalue weighted by atomic mass is 19.1. The third kappa shape index (κ3) is 3.84. The van der Waals surface area contributed by atoms with E-state index in [4.69, 9.17) is 4.74 Å². The zero-order valence-electron chi connectivity index (χ0n) is 16.5. The molecule has 1 aliphatic rings. The van der Waals surface area contributed by atoms with Gasteiger partial charge in [0.05, 0.1) is 6.04 Å². The van der Waals surface area contributed by atoms with Crippen LogP contribution in [0.3, 0.4) is 0 Å². The monoisotopic (exact) mass is 378 g/mol. The maximum Gasteiger partial charge on any atom is 0.410 e. The number of carbonyl (C=O) groups excluding carboxylic acids is 1. The topological polar surface area (TPSA) is 68.8 Å². The van der Waals surface area contributed by atoms with E-state index in [2.05, 4.69) is 5.10 Å². The summed E-state index contributed by atoms with van der Waals surface area (Å²) in [7, 11) is 0. The number of aromatic nitrogens is 3. The second-order valence-electron chi connectivity index (χ2n) is 8.45. The van der Waals surface area contributed by atoms with E-state index in [1.54, 1.807) is 9.47 Å². The number of ether oxygens (including phenoxy) is 1. The molecule has 2 aromatic heterocycles. The van der Waals surface area contributed by atoms with Crippen molar-refractivity contribution in [3.8, 4) is 0 Å². The van der Waals surface area contributed by atoms with Crippen LogP contribution in [-0.4, -0.2) is 37.3 Å². The van der Waals surface area contributed by atoms with Gasteiger partial charge in [-0.2, -0.15) is 8.91 Å². The summed E-state index contributed by atoms with van der Waals surface area (Å²) in [5, 5.41) is 4.41. The van der Waals surface area contributed by atoms with E-state index in [1.165, 1.54) is 12.1 Å². The number of carbonyl (C=O) groups is 1. The molecule has 0 unspecified atom stereocenters. The molecule has 2 aromatic rings. The maximum absolute atomic E-state index is 14.1. The lowest BCUT2D eigenvalue weighted by atomic mass is 10.1. The lowest BCUT2D eigenvalue weighted by Crippen LogP contribution is -2.39. The summed E-state index contributed by atoms with van der Waals surface area (Å²) in [6.07, 6.45) is 0.981. The van der Waals surface area contributed by atoms with Gasteiger partial charge in [0.1, 0.15) is 11.1 Å². The summed E-state index contributed by atoms with van der Waals surface area (Å²) >= 11 is 0. The zero-order valence-corrected chi connectivity index (χ0v) is 16.5. The number of fused-ring (bicyclic) bond motifs is 1. The molecule has 0 saturated carbocycles. The standard InChI is InChI=1S/C19H27FN4O3/c1-12(2)11-23-16(21-24-14(17(23)25)8-9-15(24)20)13-7-6-10-22(13)18(26)27-19(3,4)5/h8-9,12-13H,6-7,10-11H2,1-5H3/t13-/m0/s1. The second kappa shape index (κ2) is 6.98. The molecule has 7 nitrogen and oxygen atoms in total. The van der Waals surface area contributed by atoms with E-state index in [0.717, 1.165) is 10.9 Å². The molecule has 0 aromatic carbocycles. The molecule has 148 valence electrons. The molecule has 1 atom stereocenters. The minimum Gasteiger partial charge on any atom is -0.444 e. The van der Waals surface area contributed by atoms with E-state index in [1.807, 2.05) is 34.6 Å². The van der Waals surface area contributed by atoms with Crippen LogP contribution in [0.5, 0.6) is 0 Å². The molecule has 27 heavy (non-hydrogen) atoms. The van der Waals surface area contributed by atoms with Crippen LogP contribution in [0.2, 0.25) is 0 Å². The van der Waals surface area contributed by atoms with Gasteiger partial charge in [-0.05, 0) is 51.7 Å². The van der Waals surface area contributed by atoms with Gasteiger partial charge >= 0.3 is 6.09 Å². The molecule has 1 fully saturated rings. The molecule has 0 N–H and O–H groups in total. The minimum atomic E-state index is -0.619. The van der Waals surface area contributed by atoms with Crippen molar-refractivity contribution in [3.05, 3.63) is 34.3 Å². The van der Waals surface area contributed by atoms with E-state index in [-0.39, 0.29) is 17.0 Å². The smallest absolute Gasteiger partial charge is 0.410 e. The molecule has 3 heterocycles. The van der Waals surface area contributed by atoms with E-state index in [9.17, 15) is 14.0 Å². The van der Waals surface area contributed by atoms with Gasteiger partial charge in [-0.3, -0.25) is 14.3 Å². The lowest BCUT2D eigenvalue weighted by Gasteiger charge is -2.29. The molecule has 1 amide bonds. The lowest BCUT2D eigenvalue weighted by molar-refractivity contribution is 0.0213. The fourth-order valence-electron chi connectivity index (χ4n) is 3.43. The molecular weight excluding hydrogens is 351 g/mol. The summed E-state index contributed by atoms with van der Waals surface area (Å²) in [5.41, 5.74) is -0.724. The number of hydrogen-bond acceptors (Lipinski definition) is 4. The Hall–Kier alpha value is -2.38. The van der Waals surface area contributed by atoms with Gasteiger partial charge in [-0.15, -0.1) is 5.10 Å². The molecule has 1 aliphatic heterocycles. The molecule has 3 rings (SSSR count). The minimum absolute atomic E-state index is 0.193. The van der Waals surface area contributed by atoms with Gasteiger partial charge in [0.25, 0.3) is 5.56 Å². The fourth-order valence-corrected chi connectivity index (χ4v) is 3.43. The predicted molar refractivity (Wildman–Crippen MR) is 99.2 cm³/mol. The Morgan fingerprint density at radius 3 is 2.70 bits per heavy atom. The number of rotatable bonds is 3. The Bertz CT molecular complexity index is 910. The van der Waals surface area contributed by atoms with Gasteiger partial charge in [0.2, 0.25) is 5.95 Å². The largest absolute Gasteiger partial charge is 0.444 e. The molecule has 1 saturated heterocycles. The van der Waals surface area contributed by atoms with Crippen LogP contribution in [-0.2, 0) is 11.3 Å². The van der Waals surface area contributed by atoms with Crippen molar-refractivity contribution >= 4 is 11.6 Å². The van der Waals surface area contributed by atoms with Gasteiger partial charge in [0, 0.05) is 13.1 Å². The molecule has 0 aliphatic carbocycles. The zero-order chi connectivity index (χ0) is 19.9. The Labute approximate surface area is 157 Å². The van der Waals surface area contributed by atoms with Crippen molar-refractivity contribution < 1.29 is 13.9 Å². The fraction of sp³-hybridized carbons (Fsp3) is 0.632. The first-order valence-electron chi connectivity index (χ1n) is 9.36. The molecule has 0 spiro atoms. The number of likely N-dealkylation sites (tertiary alicyclic amines) is 1. The summed E-state index contributed by atoms with van der Waals surface area (Å²) < 4.78 is 22.2. The van der Waals surface area contributed by atoms with Crippen LogP contribution in [0, 0.1) is 11.9 Å². The van der Waals surface area contributed by atoms with Crippen LogP contribution in [0.15, 0.2) is 16.9 Å². The van der Waals surface area contributed by atoms with Crippen molar-refractivity contribution in [2.24, 2.45) is 5.92 Å². The summed E-state index contributed by atoms with van der Waals surface area (Å²) in [4.78, 5) is 27.2. The van der Waals surface area contributed by atoms with Crippen molar-refractivity contribution in [1.82, 2.24) is 19.1 Å². The summed E-state index contributed by atoms with van der Waals surface area (Å²) in [6, 6.07) is 2.25. The van der Waals surface area contributed by atoms with Crippen LogP contribution in [0.25, 0.3) is 5.52 Å². The normalized spacial score (nSPS) is 17.9. The Morgan fingerprint density at radius 2 is 2.07 bits per heavy atom. The first-order valence-corrected chi connectivity index (χ1v) is 9.36. The Morgan fingerprint density at radius 1 is 1.37 bits per heavy atom. The highest BCUT2D eigenvalue weighted by Gasteiger charge is 2.36. The number of halogens is 1. The molecule has 0 bridgehead atoms. The Balaban J connectivity index is 2.09. The predicted octanol–water partition coefficient (Wildman–Crippen LogP) is 3.36. The van der Waals surface area contributed by atoms with Gasteiger partial charge < -0.3 is 4.74 Å². The van der Waals surface area contributed by atoms with Crippen LogP contribution < -0.4 is 5.56 Å². The van der Waals surface area contributed by atoms with E-state index >= 15 is 0 Å². The van der Waals surface area contributed by atoms with Crippen molar-refractivity contribution in [3.63, 3.8) is 0 Å². The quantitative estimate of drug-likeness (QED) is 0.821. The summed E-state index contributed by atoms with van der Waals surface area (Å²) in [5.74, 6) is 0.00316. The van der Waals surface area contributed by atoms with Crippen LogP contribution >= 0.6 is 0 Å². The van der Waals surface area contributed by atoms with Gasteiger partial charge in [-0.25, -0.2) is 4.79 Å². The highest BCUT2D eigenvalue weighted by Crippen LogP contribution is 2.32.